The Balaban J connectivity index is 1.47. The van der Waals surface area contributed by atoms with E-state index in [1.54, 1.807) is 6.26 Å². The second-order valence-corrected chi connectivity index (χ2v) is 11.8. The van der Waals surface area contributed by atoms with Gasteiger partial charge in [0, 0.05) is 23.3 Å². The van der Waals surface area contributed by atoms with Crippen LogP contribution in [0.1, 0.15) is 81.5 Å². The van der Waals surface area contributed by atoms with Gasteiger partial charge in [0.25, 0.3) is 0 Å². The maximum Gasteiger partial charge on any atom is 0.189 e. The highest BCUT2D eigenvalue weighted by Crippen LogP contribution is 2.52. The van der Waals surface area contributed by atoms with Gasteiger partial charge >= 0.3 is 0 Å². The largest absolute Gasteiger partial charge is 0.489 e. The van der Waals surface area contributed by atoms with E-state index in [-0.39, 0.29) is 18.6 Å². The number of benzene rings is 2. The van der Waals surface area contributed by atoms with Crippen LogP contribution in [-0.4, -0.2) is 52.1 Å². The summed E-state index contributed by atoms with van der Waals surface area (Å²) in [6.45, 7) is 8.56. The topological polar surface area (TPSA) is 105 Å². The molecule has 2 aromatic carbocycles. The molecule has 3 N–H and O–H groups in total. The number of ether oxygens (including phenoxy) is 3. The van der Waals surface area contributed by atoms with Gasteiger partial charge in [-0.1, -0.05) is 70.5 Å². The normalized spacial score (nSPS) is 26.8. The lowest BCUT2D eigenvalue weighted by molar-refractivity contribution is -0.236. The van der Waals surface area contributed by atoms with Crippen molar-refractivity contribution < 1.29 is 33.9 Å². The van der Waals surface area contributed by atoms with Crippen LogP contribution in [0.2, 0.25) is 0 Å². The van der Waals surface area contributed by atoms with E-state index < -0.39 is 24.1 Å². The fourth-order valence-electron chi connectivity index (χ4n) is 6.51. The smallest absolute Gasteiger partial charge is 0.189 e. The zero-order valence-corrected chi connectivity index (χ0v) is 24.6. The predicted octanol–water partition coefficient (Wildman–Crippen LogP) is 6.12. The molecule has 2 aliphatic rings. The summed E-state index contributed by atoms with van der Waals surface area (Å²) in [7, 11) is 0. The Hall–Kier alpha value is -2.68. The fourth-order valence-corrected chi connectivity index (χ4v) is 6.51. The molecule has 2 fully saturated rings. The summed E-state index contributed by atoms with van der Waals surface area (Å²) in [6.07, 6.45) is 6.68. The van der Waals surface area contributed by atoms with E-state index in [0.717, 1.165) is 41.3 Å². The summed E-state index contributed by atoms with van der Waals surface area (Å²) in [5.41, 5.74) is 3.29. The first-order valence-corrected chi connectivity index (χ1v) is 15.0. The highest BCUT2D eigenvalue weighted by atomic mass is 16.7. The van der Waals surface area contributed by atoms with E-state index in [4.69, 9.17) is 18.6 Å². The zero-order valence-electron chi connectivity index (χ0n) is 24.6. The molecule has 3 heterocycles. The molecule has 1 aromatic heterocycles. The minimum absolute atomic E-state index is 0.110. The lowest BCUT2D eigenvalue weighted by Crippen LogP contribution is -2.53. The molecule has 1 spiro atoms. The molecule has 5 rings (SSSR count). The molecule has 6 atom stereocenters. The average molecular weight is 565 g/mol. The number of aliphatic hydroxyl groups excluding tert-OH is 3. The molecular formula is C34H44O7. The van der Waals surface area contributed by atoms with Crippen LogP contribution >= 0.6 is 0 Å². The number of aliphatic hydroxyl groups is 3. The molecule has 7 nitrogen and oxygen atoms in total. The third-order valence-corrected chi connectivity index (χ3v) is 8.51. The molecular weight excluding hydrogens is 520 g/mol. The Morgan fingerprint density at radius 2 is 1.93 bits per heavy atom. The van der Waals surface area contributed by atoms with E-state index in [0.29, 0.717) is 42.3 Å². The number of hydrogen-bond donors (Lipinski definition) is 3. The van der Waals surface area contributed by atoms with E-state index >= 15 is 0 Å². The van der Waals surface area contributed by atoms with Crippen molar-refractivity contribution in [2.75, 3.05) is 6.61 Å². The molecule has 222 valence electrons. The summed E-state index contributed by atoms with van der Waals surface area (Å²) in [5.74, 6) is 0.925. The average Bonchev–Trinajstić information content (AvgIpc) is 3.57. The van der Waals surface area contributed by atoms with Crippen LogP contribution in [0.15, 0.2) is 53.2 Å². The molecule has 0 saturated carbocycles. The second kappa shape index (κ2) is 12.7. The Labute approximate surface area is 242 Å². The van der Waals surface area contributed by atoms with Crippen molar-refractivity contribution in [3.8, 4) is 5.75 Å². The molecule has 3 aromatic rings. The lowest BCUT2D eigenvalue weighted by atomic mass is 9.80. The Kier molecular flexibility index (Phi) is 9.21. The van der Waals surface area contributed by atoms with Gasteiger partial charge in [-0.2, -0.15) is 0 Å². The molecule has 2 aliphatic heterocycles. The van der Waals surface area contributed by atoms with Gasteiger partial charge in [0.2, 0.25) is 0 Å². The lowest BCUT2D eigenvalue weighted by Gasteiger charge is -2.39. The minimum atomic E-state index is -1.19. The third kappa shape index (κ3) is 5.84. The van der Waals surface area contributed by atoms with Crippen LogP contribution in [0.4, 0.5) is 0 Å². The number of furan rings is 1. The quantitative estimate of drug-likeness (QED) is 0.228. The van der Waals surface area contributed by atoms with E-state index in [1.807, 2.05) is 49.4 Å². The monoisotopic (exact) mass is 564 g/mol. The van der Waals surface area contributed by atoms with Gasteiger partial charge in [-0.15, -0.1) is 0 Å². The fraction of sp³-hybridized carbons (Fsp3) is 0.529. The number of hydrogen-bond acceptors (Lipinski definition) is 7. The van der Waals surface area contributed by atoms with Crippen LogP contribution < -0.4 is 4.74 Å². The van der Waals surface area contributed by atoms with E-state index in [9.17, 15) is 15.3 Å². The summed E-state index contributed by atoms with van der Waals surface area (Å²) >= 11 is 0. The second-order valence-electron chi connectivity index (χ2n) is 11.8. The van der Waals surface area contributed by atoms with Crippen molar-refractivity contribution in [3.63, 3.8) is 0 Å². The van der Waals surface area contributed by atoms with Crippen LogP contribution in [0.25, 0.3) is 17.0 Å². The van der Waals surface area contributed by atoms with Crippen LogP contribution in [-0.2, 0) is 22.5 Å². The number of rotatable bonds is 12. The molecule has 0 bridgehead atoms. The Bertz CT molecular complexity index is 1320. The Morgan fingerprint density at radius 3 is 2.56 bits per heavy atom. The highest BCUT2D eigenvalue weighted by Gasteiger charge is 2.68. The maximum atomic E-state index is 11.1. The number of fused-ring (bicyclic) bond motifs is 1. The van der Waals surface area contributed by atoms with Crippen molar-refractivity contribution in [3.05, 3.63) is 71.0 Å². The van der Waals surface area contributed by atoms with Crippen LogP contribution in [0, 0.1) is 5.92 Å². The molecule has 7 heteroatoms. The van der Waals surface area contributed by atoms with Crippen molar-refractivity contribution in [2.24, 2.45) is 5.92 Å². The zero-order chi connectivity index (χ0) is 29.1. The SMILES string of the molecule is CCC[C@@H](c1coc2c(CO)c(OC/C=C/c3ccccc3)c(CC(C)C)cc12)[C@H]1C[C@@H](O)[C@@]2(O[C@H]2CC)C(O)O1. The van der Waals surface area contributed by atoms with E-state index in [2.05, 4.69) is 26.8 Å². The molecule has 0 aliphatic carbocycles. The van der Waals surface area contributed by atoms with Gasteiger partial charge in [-0.3, -0.25) is 0 Å². The van der Waals surface area contributed by atoms with Crippen molar-refractivity contribution in [2.45, 2.75) is 103 Å². The van der Waals surface area contributed by atoms with Crippen LogP contribution in [0.3, 0.4) is 0 Å². The molecule has 0 radical (unpaired) electrons. The first kappa shape index (κ1) is 29.8. The summed E-state index contributed by atoms with van der Waals surface area (Å²) in [4.78, 5) is 0. The summed E-state index contributed by atoms with van der Waals surface area (Å²) < 4.78 is 24.4. The standard InChI is InChI=1S/C34H44O7/c1-5-11-24(28-18-29(36)34(33(37)40-28)30(6-2)41-34)27-20-39-32-25(27)17-23(16-21(3)4)31(26(32)19-35)38-15-10-14-22-12-8-7-9-13-22/h7-10,12-14,17,20-21,24,28-30,33,35-37H,5-6,11,15-16,18-19H2,1-4H3/b14-10+/t24-,28+,29+,30-,33?,34-/m0/s1. The van der Waals surface area contributed by atoms with Crippen LogP contribution in [0.5, 0.6) is 5.75 Å². The molecule has 0 amide bonds. The first-order valence-electron chi connectivity index (χ1n) is 15.0. The highest BCUT2D eigenvalue weighted by molar-refractivity contribution is 5.88. The van der Waals surface area contributed by atoms with E-state index in [1.165, 1.54) is 0 Å². The van der Waals surface area contributed by atoms with Gasteiger partial charge in [0.05, 0.1) is 36.7 Å². The molecule has 2 saturated heterocycles. The molecule has 1 unspecified atom stereocenters. The van der Waals surface area contributed by atoms with Gasteiger partial charge < -0.3 is 33.9 Å². The van der Waals surface area contributed by atoms with Gasteiger partial charge in [-0.25, -0.2) is 0 Å². The van der Waals surface area contributed by atoms with Crippen molar-refractivity contribution >= 4 is 17.0 Å². The van der Waals surface area contributed by atoms with Crippen molar-refractivity contribution in [1.82, 2.24) is 0 Å². The predicted molar refractivity (Wildman–Crippen MR) is 159 cm³/mol. The van der Waals surface area contributed by atoms with Gasteiger partial charge in [0.15, 0.2) is 11.9 Å². The Morgan fingerprint density at radius 1 is 1.15 bits per heavy atom. The maximum absolute atomic E-state index is 11.1. The number of epoxide rings is 1. The molecule has 41 heavy (non-hydrogen) atoms. The van der Waals surface area contributed by atoms with Crippen molar-refractivity contribution in [1.29, 1.82) is 0 Å². The van der Waals surface area contributed by atoms with Gasteiger partial charge in [0.1, 0.15) is 17.9 Å². The van der Waals surface area contributed by atoms with Gasteiger partial charge in [-0.05, 0) is 48.4 Å². The summed E-state index contributed by atoms with van der Waals surface area (Å²) in [5, 5.41) is 33.4. The summed E-state index contributed by atoms with van der Waals surface area (Å²) in [6, 6.07) is 12.2. The minimum Gasteiger partial charge on any atom is -0.489 e. The third-order valence-electron chi connectivity index (χ3n) is 8.51. The first-order chi connectivity index (χ1) is 19.8.